The molecular formula is C14H12BrNO2. The average Bonchev–Trinajstić information content (AvgIpc) is 2.38. The van der Waals surface area contributed by atoms with Gasteiger partial charge >= 0.3 is 5.97 Å². The second-order valence-electron chi connectivity index (χ2n) is 3.67. The van der Waals surface area contributed by atoms with E-state index in [2.05, 4.69) is 21.2 Å². The van der Waals surface area contributed by atoms with E-state index in [9.17, 15) is 4.79 Å². The van der Waals surface area contributed by atoms with E-state index < -0.39 is 0 Å². The van der Waals surface area contributed by atoms with Crippen LogP contribution in [0.5, 0.6) is 0 Å². The number of hydrogen-bond donors (Lipinski definition) is 1. The maximum atomic E-state index is 11.6. The summed E-state index contributed by atoms with van der Waals surface area (Å²) >= 11 is 3.40. The van der Waals surface area contributed by atoms with Crippen LogP contribution in [0.15, 0.2) is 53.0 Å². The molecule has 2 aromatic carbocycles. The Bertz CT molecular complexity index is 569. The number of nitrogens with one attached hydrogen (secondary N) is 1. The molecule has 0 bridgehead atoms. The van der Waals surface area contributed by atoms with Crippen molar-refractivity contribution in [2.75, 3.05) is 12.4 Å². The maximum Gasteiger partial charge on any atom is 0.339 e. The zero-order valence-corrected chi connectivity index (χ0v) is 11.4. The molecule has 0 saturated carbocycles. The van der Waals surface area contributed by atoms with E-state index in [4.69, 9.17) is 4.74 Å². The van der Waals surface area contributed by atoms with Crippen molar-refractivity contribution in [3.8, 4) is 0 Å². The Morgan fingerprint density at radius 3 is 2.67 bits per heavy atom. The number of methoxy groups -OCH3 is 1. The monoisotopic (exact) mass is 305 g/mol. The number of anilines is 2. The number of ether oxygens (including phenoxy) is 1. The SMILES string of the molecule is COC(=O)c1ccccc1Nc1cccc(Br)c1. The van der Waals surface area contributed by atoms with Gasteiger partial charge in [-0.1, -0.05) is 34.1 Å². The molecular weight excluding hydrogens is 294 g/mol. The molecule has 0 aromatic heterocycles. The number of hydrogen-bond acceptors (Lipinski definition) is 3. The highest BCUT2D eigenvalue weighted by molar-refractivity contribution is 9.10. The lowest BCUT2D eigenvalue weighted by Crippen LogP contribution is -2.05. The van der Waals surface area contributed by atoms with Gasteiger partial charge in [-0.15, -0.1) is 0 Å². The number of esters is 1. The highest BCUT2D eigenvalue weighted by Crippen LogP contribution is 2.23. The number of benzene rings is 2. The van der Waals surface area contributed by atoms with E-state index in [0.29, 0.717) is 5.56 Å². The van der Waals surface area contributed by atoms with Gasteiger partial charge in [0.15, 0.2) is 0 Å². The molecule has 2 aromatic rings. The van der Waals surface area contributed by atoms with Crippen molar-refractivity contribution in [2.24, 2.45) is 0 Å². The van der Waals surface area contributed by atoms with Crippen LogP contribution in [0.3, 0.4) is 0 Å². The van der Waals surface area contributed by atoms with Crippen LogP contribution in [0, 0.1) is 0 Å². The van der Waals surface area contributed by atoms with Crippen molar-refractivity contribution in [3.63, 3.8) is 0 Å². The van der Waals surface area contributed by atoms with Crippen LogP contribution >= 0.6 is 15.9 Å². The van der Waals surface area contributed by atoms with Gasteiger partial charge in [0.1, 0.15) is 0 Å². The van der Waals surface area contributed by atoms with Crippen LogP contribution in [0.1, 0.15) is 10.4 Å². The van der Waals surface area contributed by atoms with Crippen LogP contribution in [-0.4, -0.2) is 13.1 Å². The van der Waals surface area contributed by atoms with Crippen molar-refractivity contribution >= 4 is 33.3 Å². The fraction of sp³-hybridized carbons (Fsp3) is 0.0714. The topological polar surface area (TPSA) is 38.3 Å². The highest BCUT2D eigenvalue weighted by Gasteiger charge is 2.10. The maximum absolute atomic E-state index is 11.6. The Labute approximate surface area is 114 Å². The summed E-state index contributed by atoms with van der Waals surface area (Å²) in [5.41, 5.74) is 2.14. The van der Waals surface area contributed by atoms with E-state index in [-0.39, 0.29) is 5.97 Å². The first-order valence-corrected chi connectivity index (χ1v) is 6.20. The summed E-state index contributed by atoms with van der Waals surface area (Å²) in [6.07, 6.45) is 0. The van der Waals surface area contributed by atoms with Crippen molar-refractivity contribution in [3.05, 3.63) is 58.6 Å². The molecule has 0 atom stereocenters. The summed E-state index contributed by atoms with van der Waals surface area (Å²) in [5.74, 6) is -0.354. The molecule has 4 heteroatoms. The van der Waals surface area contributed by atoms with Gasteiger partial charge < -0.3 is 10.1 Å². The Balaban J connectivity index is 2.32. The molecule has 1 N–H and O–H groups in total. The standard InChI is InChI=1S/C14H12BrNO2/c1-18-14(17)12-7-2-3-8-13(12)16-11-6-4-5-10(15)9-11/h2-9,16H,1H3. The first-order valence-electron chi connectivity index (χ1n) is 5.40. The number of carbonyl (C=O) groups is 1. The van der Waals surface area contributed by atoms with Crippen molar-refractivity contribution in [2.45, 2.75) is 0 Å². The second kappa shape index (κ2) is 5.69. The van der Waals surface area contributed by atoms with Crippen LogP contribution in [0.25, 0.3) is 0 Å². The third-order valence-corrected chi connectivity index (χ3v) is 2.93. The van der Waals surface area contributed by atoms with E-state index in [0.717, 1.165) is 15.8 Å². The molecule has 2 rings (SSSR count). The molecule has 0 aliphatic heterocycles. The summed E-state index contributed by atoms with van der Waals surface area (Å²) in [4.78, 5) is 11.6. The van der Waals surface area contributed by atoms with Crippen molar-refractivity contribution in [1.82, 2.24) is 0 Å². The molecule has 0 unspecified atom stereocenters. The Morgan fingerprint density at radius 2 is 1.94 bits per heavy atom. The van der Waals surface area contributed by atoms with Gasteiger partial charge in [-0.2, -0.15) is 0 Å². The molecule has 92 valence electrons. The molecule has 0 fully saturated rings. The quantitative estimate of drug-likeness (QED) is 0.872. The molecule has 0 saturated heterocycles. The first kappa shape index (κ1) is 12.6. The third kappa shape index (κ3) is 2.90. The number of halogens is 1. The fourth-order valence-corrected chi connectivity index (χ4v) is 2.00. The van der Waals surface area contributed by atoms with E-state index >= 15 is 0 Å². The molecule has 0 radical (unpaired) electrons. The van der Waals surface area contributed by atoms with Gasteiger partial charge in [0, 0.05) is 10.2 Å². The number of para-hydroxylation sites is 1. The number of rotatable bonds is 3. The molecule has 0 amide bonds. The predicted octanol–water partition coefficient (Wildman–Crippen LogP) is 3.98. The third-order valence-electron chi connectivity index (χ3n) is 2.44. The summed E-state index contributed by atoms with van der Waals surface area (Å²) in [6.45, 7) is 0. The lowest BCUT2D eigenvalue weighted by atomic mass is 10.1. The largest absolute Gasteiger partial charge is 0.465 e. The average molecular weight is 306 g/mol. The summed E-state index contributed by atoms with van der Waals surface area (Å²) in [6, 6.07) is 15.0. The first-order chi connectivity index (χ1) is 8.70. The Morgan fingerprint density at radius 1 is 1.17 bits per heavy atom. The van der Waals surface area contributed by atoms with Gasteiger partial charge in [-0.05, 0) is 30.3 Å². The van der Waals surface area contributed by atoms with Gasteiger partial charge in [0.2, 0.25) is 0 Å². The Hall–Kier alpha value is -1.81. The molecule has 3 nitrogen and oxygen atoms in total. The van der Waals surface area contributed by atoms with E-state index in [1.165, 1.54) is 7.11 Å². The van der Waals surface area contributed by atoms with Crippen molar-refractivity contribution < 1.29 is 9.53 Å². The molecule has 0 spiro atoms. The van der Waals surface area contributed by atoms with E-state index in [1.807, 2.05) is 36.4 Å². The van der Waals surface area contributed by atoms with Crippen LogP contribution < -0.4 is 5.32 Å². The van der Waals surface area contributed by atoms with Gasteiger partial charge in [0.05, 0.1) is 18.4 Å². The lowest BCUT2D eigenvalue weighted by Gasteiger charge is -2.10. The van der Waals surface area contributed by atoms with E-state index in [1.54, 1.807) is 12.1 Å². The van der Waals surface area contributed by atoms with Gasteiger partial charge in [0.25, 0.3) is 0 Å². The van der Waals surface area contributed by atoms with Gasteiger partial charge in [-0.3, -0.25) is 0 Å². The normalized spacial score (nSPS) is 9.89. The second-order valence-corrected chi connectivity index (χ2v) is 4.59. The zero-order chi connectivity index (χ0) is 13.0. The molecule has 0 heterocycles. The number of carbonyl (C=O) groups excluding carboxylic acids is 1. The summed E-state index contributed by atoms with van der Waals surface area (Å²) < 4.78 is 5.73. The van der Waals surface area contributed by atoms with Crippen LogP contribution in [-0.2, 0) is 4.74 Å². The summed E-state index contributed by atoms with van der Waals surface area (Å²) in [5, 5.41) is 3.20. The summed E-state index contributed by atoms with van der Waals surface area (Å²) in [7, 11) is 1.37. The fourth-order valence-electron chi connectivity index (χ4n) is 1.60. The lowest BCUT2D eigenvalue weighted by molar-refractivity contribution is 0.0602. The molecule has 18 heavy (non-hydrogen) atoms. The van der Waals surface area contributed by atoms with Crippen LogP contribution in [0.2, 0.25) is 0 Å². The molecule has 0 aliphatic carbocycles. The zero-order valence-electron chi connectivity index (χ0n) is 9.81. The highest BCUT2D eigenvalue weighted by atomic mass is 79.9. The minimum Gasteiger partial charge on any atom is -0.465 e. The van der Waals surface area contributed by atoms with Crippen LogP contribution in [0.4, 0.5) is 11.4 Å². The minimum atomic E-state index is -0.354. The Kier molecular flexibility index (Phi) is 3.99. The smallest absolute Gasteiger partial charge is 0.339 e. The van der Waals surface area contributed by atoms with Gasteiger partial charge in [-0.25, -0.2) is 4.79 Å². The molecule has 0 aliphatic rings. The van der Waals surface area contributed by atoms with Crippen molar-refractivity contribution in [1.29, 1.82) is 0 Å². The predicted molar refractivity (Wildman–Crippen MR) is 75.2 cm³/mol. The minimum absolute atomic E-state index is 0.354.